The first-order valence-corrected chi connectivity index (χ1v) is 8.17. The molecule has 0 spiro atoms. The summed E-state index contributed by atoms with van der Waals surface area (Å²) in [6, 6.07) is 14.9. The van der Waals surface area contributed by atoms with E-state index < -0.39 is 11.7 Å². The van der Waals surface area contributed by atoms with E-state index in [-0.39, 0.29) is 5.91 Å². The fourth-order valence-corrected chi connectivity index (χ4v) is 2.29. The lowest BCUT2D eigenvalue weighted by Crippen LogP contribution is -2.27. The standard InChI is InChI=1S/C20H24N2O3/c1-14-12-16(22-19(24)25-20(2,3)4)10-11-17(14)18(23)21-13-15-8-6-5-7-9-15/h5-12H,13H2,1-4H3,(H,21,23)(H,22,24). The van der Waals surface area contributed by atoms with Gasteiger partial charge >= 0.3 is 6.09 Å². The molecule has 132 valence electrons. The Morgan fingerprint density at radius 1 is 1.04 bits per heavy atom. The Morgan fingerprint density at radius 2 is 1.72 bits per heavy atom. The number of hydrogen-bond acceptors (Lipinski definition) is 3. The molecule has 0 heterocycles. The van der Waals surface area contributed by atoms with Crippen LogP contribution in [0.25, 0.3) is 0 Å². The third-order valence-corrected chi connectivity index (χ3v) is 3.41. The lowest BCUT2D eigenvalue weighted by atomic mass is 10.1. The molecular formula is C20H24N2O3. The van der Waals surface area contributed by atoms with Crippen molar-refractivity contribution in [3.8, 4) is 0 Å². The Morgan fingerprint density at radius 3 is 2.32 bits per heavy atom. The third kappa shape index (κ3) is 5.95. The summed E-state index contributed by atoms with van der Waals surface area (Å²) < 4.78 is 5.22. The largest absolute Gasteiger partial charge is 0.444 e. The molecule has 5 nitrogen and oxygen atoms in total. The first-order valence-electron chi connectivity index (χ1n) is 8.17. The molecule has 2 rings (SSSR count). The van der Waals surface area contributed by atoms with Crippen molar-refractivity contribution < 1.29 is 14.3 Å². The van der Waals surface area contributed by atoms with Crippen LogP contribution in [0.3, 0.4) is 0 Å². The monoisotopic (exact) mass is 340 g/mol. The van der Waals surface area contributed by atoms with Crippen LogP contribution >= 0.6 is 0 Å². The molecule has 0 fully saturated rings. The van der Waals surface area contributed by atoms with Gasteiger partial charge in [0.1, 0.15) is 5.60 Å². The highest BCUT2D eigenvalue weighted by molar-refractivity contribution is 5.96. The maximum atomic E-state index is 12.3. The average molecular weight is 340 g/mol. The average Bonchev–Trinajstić information content (AvgIpc) is 2.52. The van der Waals surface area contributed by atoms with E-state index >= 15 is 0 Å². The van der Waals surface area contributed by atoms with Crippen molar-refractivity contribution in [2.45, 2.75) is 39.8 Å². The van der Waals surface area contributed by atoms with Gasteiger partial charge in [-0.2, -0.15) is 0 Å². The van der Waals surface area contributed by atoms with Crippen LogP contribution in [0.15, 0.2) is 48.5 Å². The number of carbonyl (C=O) groups is 2. The highest BCUT2D eigenvalue weighted by atomic mass is 16.6. The molecule has 0 saturated heterocycles. The summed E-state index contributed by atoms with van der Waals surface area (Å²) in [7, 11) is 0. The third-order valence-electron chi connectivity index (χ3n) is 3.41. The number of ether oxygens (including phenoxy) is 1. The van der Waals surface area contributed by atoms with Gasteiger partial charge in [-0.25, -0.2) is 4.79 Å². The first kappa shape index (κ1) is 18.5. The fourth-order valence-electron chi connectivity index (χ4n) is 2.29. The molecule has 5 heteroatoms. The van der Waals surface area contributed by atoms with E-state index in [1.54, 1.807) is 39.0 Å². The lowest BCUT2D eigenvalue weighted by Gasteiger charge is -2.20. The van der Waals surface area contributed by atoms with Gasteiger partial charge in [-0.1, -0.05) is 30.3 Å². The highest BCUT2D eigenvalue weighted by Crippen LogP contribution is 2.17. The minimum atomic E-state index is -0.559. The summed E-state index contributed by atoms with van der Waals surface area (Å²) in [4.78, 5) is 24.1. The Hall–Kier alpha value is -2.82. The lowest BCUT2D eigenvalue weighted by molar-refractivity contribution is 0.0636. The van der Waals surface area contributed by atoms with Crippen LogP contribution in [0, 0.1) is 6.92 Å². The zero-order valence-electron chi connectivity index (χ0n) is 15.1. The zero-order chi connectivity index (χ0) is 18.4. The van der Waals surface area contributed by atoms with Gasteiger partial charge in [-0.3, -0.25) is 10.1 Å². The molecule has 0 aromatic heterocycles. The van der Waals surface area contributed by atoms with E-state index in [0.29, 0.717) is 17.8 Å². The summed E-state index contributed by atoms with van der Waals surface area (Å²) >= 11 is 0. The Balaban J connectivity index is 1.98. The molecule has 2 aromatic rings. The topological polar surface area (TPSA) is 67.4 Å². The van der Waals surface area contributed by atoms with Crippen LogP contribution in [0.4, 0.5) is 10.5 Å². The molecule has 0 unspecified atom stereocenters. The van der Waals surface area contributed by atoms with Crippen molar-refractivity contribution in [1.82, 2.24) is 5.32 Å². The van der Waals surface area contributed by atoms with Crippen LogP contribution in [-0.2, 0) is 11.3 Å². The number of anilines is 1. The summed E-state index contributed by atoms with van der Waals surface area (Å²) in [6.07, 6.45) is -0.520. The van der Waals surface area contributed by atoms with Crippen LogP contribution in [-0.4, -0.2) is 17.6 Å². The van der Waals surface area contributed by atoms with Gasteiger partial charge < -0.3 is 10.1 Å². The molecule has 25 heavy (non-hydrogen) atoms. The smallest absolute Gasteiger partial charge is 0.412 e. The van der Waals surface area contributed by atoms with Gasteiger partial charge in [-0.15, -0.1) is 0 Å². The molecule has 2 N–H and O–H groups in total. The van der Waals surface area contributed by atoms with Gasteiger partial charge in [0.05, 0.1) is 0 Å². The Labute approximate surface area is 148 Å². The van der Waals surface area contributed by atoms with Crippen molar-refractivity contribution in [3.05, 3.63) is 65.2 Å². The second-order valence-electron chi connectivity index (χ2n) is 6.82. The minimum absolute atomic E-state index is 0.148. The normalized spacial score (nSPS) is 10.9. The summed E-state index contributed by atoms with van der Waals surface area (Å²) in [6.45, 7) is 7.71. The van der Waals surface area contributed by atoms with Crippen molar-refractivity contribution in [2.75, 3.05) is 5.32 Å². The molecule has 0 saturated carbocycles. The predicted molar refractivity (Wildman–Crippen MR) is 98.6 cm³/mol. The molecular weight excluding hydrogens is 316 g/mol. The summed E-state index contributed by atoms with van der Waals surface area (Å²) in [5.41, 5.74) is 2.42. The maximum Gasteiger partial charge on any atom is 0.412 e. The Kier molecular flexibility index (Phi) is 5.80. The number of aryl methyl sites for hydroxylation is 1. The molecule has 0 aliphatic carbocycles. The first-order chi connectivity index (χ1) is 11.7. The van der Waals surface area contributed by atoms with E-state index in [9.17, 15) is 9.59 Å². The summed E-state index contributed by atoms with van der Waals surface area (Å²) in [5.74, 6) is -0.148. The second kappa shape index (κ2) is 7.83. The van der Waals surface area contributed by atoms with Crippen molar-refractivity contribution >= 4 is 17.7 Å². The zero-order valence-corrected chi connectivity index (χ0v) is 15.1. The maximum absolute atomic E-state index is 12.3. The van der Waals surface area contributed by atoms with Gasteiger partial charge in [0.25, 0.3) is 5.91 Å². The number of rotatable bonds is 4. The van der Waals surface area contributed by atoms with Crippen LogP contribution < -0.4 is 10.6 Å². The van der Waals surface area contributed by atoms with Crippen molar-refractivity contribution in [1.29, 1.82) is 0 Å². The number of benzene rings is 2. The van der Waals surface area contributed by atoms with E-state index in [0.717, 1.165) is 11.1 Å². The van der Waals surface area contributed by atoms with Gasteiger partial charge in [0.15, 0.2) is 0 Å². The van der Waals surface area contributed by atoms with E-state index in [1.165, 1.54) is 0 Å². The molecule has 2 amide bonds. The molecule has 0 radical (unpaired) electrons. The molecule has 0 atom stereocenters. The predicted octanol–water partition coefficient (Wildman–Crippen LogP) is 4.27. The number of amides is 2. The van der Waals surface area contributed by atoms with E-state index in [2.05, 4.69) is 10.6 Å². The van der Waals surface area contributed by atoms with Crippen LogP contribution in [0.5, 0.6) is 0 Å². The SMILES string of the molecule is Cc1cc(NC(=O)OC(C)(C)C)ccc1C(=O)NCc1ccccc1. The number of hydrogen-bond donors (Lipinski definition) is 2. The van der Waals surface area contributed by atoms with Gasteiger partial charge in [0.2, 0.25) is 0 Å². The molecule has 0 aliphatic rings. The Bertz CT molecular complexity index is 749. The van der Waals surface area contributed by atoms with Gasteiger partial charge in [-0.05, 0) is 57.0 Å². The van der Waals surface area contributed by atoms with Crippen molar-refractivity contribution in [3.63, 3.8) is 0 Å². The van der Waals surface area contributed by atoms with Crippen LogP contribution in [0.2, 0.25) is 0 Å². The second-order valence-corrected chi connectivity index (χ2v) is 6.82. The number of carbonyl (C=O) groups excluding carboxylic acids is 2. The molecule has 0 aliphatic heterocycles. The molecule has 2 aromatic carbocycles. The van der Waals surface area contributed by atoms with Crippen molar-refractivity contribution in [2.24, 2.45) is 0 Å². The highest BCUT2D eigenvalue weighted by Gasteiger charge is 2.17. The van der Waals surface area contributed by atoms with E-state index in [4.69, 9.17) is 4.74 Å². The van der Waals surface area contributed by atoms with Crippen LogP contribution in [0.1, 0.15) is 42.3 Å². The quantitative estimate of drug-likeness (QED) is 0.873. The summed E-state index contributed by atoms with van der Waals surface area (Å²) in [5, 5.41) is 5.57. The fraction of sp³-hybridized carbons (Fsp3) is 0.300. The molecule has 0 bridgehead atoms. The number of nitrogens with one attached hydrogen (secondary N) is 2. The van der Waals surface area contributed by atoms with E-state index in [1.807, 2.05) is 37.3 Å². The minimum Gasteiger partial charge on any atom is -0.444 e. The van der Waals surface area contributed by atoms with Gasteiger partial charge in [0, 0.05) is 17.8 Å².